The van der Waals surface area contributed by atoms with Crippen molar-refractivity contribution in [2.24, 2.45) is 5.73 Å². The smallest absolute Gasteiger partial charge is 0.338 e. The Labute approximate surface area is 208 Å². The number of aryl methyl sites for hydroxylation is 2. The van der Waals surface area contributed by atoms with Crippen molar-refractivity contribution in [3.8, 4) is 11.8 Å². The first kappa shape index (κ1) is 25.7. The van der Waals surface area contributed by atoms with Gasteiger partial charge in [-0.05, 0) is 63.1 Å². The van der Waals surface area contributed by atoms with Gasteiger partial charge in [-0.3, -0.25) is 4.79 Å². The van der Waals surface area contributed by atoms with Crippen LogP contribution in [-0.2, 0) is 19.1 Å². The zero-order chi connectivity index (χ0) is 25.7. The van der Waals surface area contributed by atoms with Crippen molar-refractivity contribution < 1.29 is 23.8 Å². The van der Waals surface area contributed by atoms with Crippen LogP contribution < -0.4 is 15.8 Å². The maximum Gasteiger partial charge on any atom is 0.338 e. The molecular formula is C26H26ClN3O5. The molecule has 2 aromatic rings. The number of nitrogens with one attached hydrogen (secondary N) is 1. The monoisotopic (exact) mass is 495 g/mol. The second-order valence-corrected chi connectivity index (χ2v) is 8.39. The van der Waals surface area contributed by atoms with E-state index in [9.17, 15) is 14.9 Å². The maximum absolute atomic E-state index is 12.8. The summed E-state index contributed by atoms with van der Waals surface area (Å²) in [5, 5.41) is 13.0. The number of allylic oxidation sites excluding steroid dienone is 2. The molecule has 1 heterocycles. The molecule has 9 heteroatoms. The van der Waals surface area contributed by atoms with Gasteiger partial charge >= 0.3 is 5.97 Å². The summed E-state index contributed by atoms with van der Waals surface area (Å²) in [4.78, 5) is 25.5. The van der Waals surface area contributed by atoms with E-state index in [0.29, 0.717) is 16.3 Å². The zero-order valence-corrected chi connectivity index (χ0v) is 20.7. The van der Waals surface area contributed by atoms with Gasteiger partial charge < -0.3 is 25.3 Å². The lowest BCUT2D eigenvalue weighted by Crippen LogP contribution is -2.26. The molecule has 3 rings (SSSR count). The summed E-state index contributed by atoms with van der Waals surface area (Å²) in [6, 6.07) is 12.5. The molecule has 0 fully saturated rings. The van der Waals surface area contributed by atoms with Crippen LogP contribution in [0, 0.1) is 25.2 Å². The van der Waals surface area contributed by atoms with Gasteiger partial charge in [0.25, 0.3) is 5.91 Å². The van der Waals surface area contributed by atoms with Crippen LogP contribution in [0.15, 0.2) is 59.2 Å². The molecule has 1 aliphatic rings. The zero-order valence-electron chi connectivity index (χ0n) is 19.9. The fraction of sp³-hybridized carbons (Fsp3) is 0.269. The normalized spacial score (nSPS) is 15.3. The van der Waals surface area contributed by atoms with E-state index in [1.165, 1.54) is 0 Å². The summed E-state index contributed by atoms with van der Waals surface area (Å²) < 4.78 is 16.5. The van der Waals surface area contributed by atoms with Crippen molar-refractivity contribution >= 4 is 29.2 Å². The van der Waals surface area contributed by atoms with E-state index in [2.05, 4.69) is 5.32 Å². The number of anilines is 1. The first-order chi connectivity index (χ1) is 16.7. The highest BCUT2D eigenvalue weighted by atomic mass is 35.5. The SMILES string of the molecule is CCOC(=O)C1=C(C)OC(N)=C(C#N)C1c1cc(Cl)ccc1OCC(=O)Nc1cc(C)ccc1C. The lowest BCUT2D eigenvalue weighted by atomic mass is 9.82. The fourth-order valence-corrected chi connectivity index (χ4v) is 3.92. The maximum atomic E-state index is 12.8. The molecule has 0 saturated carbocycles. The molecule has 182 valence electrons. The van der Waals surface area contributed by atoms with Crippen LogP contribution >= 0.6 is 11.6 Å². The Bertz CT molecular complexity index is 1280. The topological polar surface area (TPSA) is 124 Å². The summed E-state index contributed by atoms with van der Waals surface area (Å²) in [7, 11) is 0. The Morgan fingerprint density at radius 2 is 1.94 bits per heavy atom. The number of ether oxygens (including phenoxy) is 3. The third kappa shape index (κ3) is 5.76. The van der Waals surface area contributed by atoms with E-state index in [1.54, 1.807) is 32.0 Å². The molecule has 0 spiro atoms. The molecule has 1 amide bonds. The Morgan fingerprint density at radius 3 is 2.63 bits per heavy atom. The molecule has 1 aliphatic heterocycles. The van der Waals surface area contributed by atoms with Crippen LogP contribution in [0.4, 0.5) is 5.69 Å². The first-order valence-electron chi connectivity index (χ1n) is 10.9. The van der Waals surface area contributed by atoms with Crippen LogP contribution in [0.5, 0.6) is 5.75 Å². The summed E-state index contributed by atoms with van der Waals surface area (Å²) in [6.45, 7) is 6.87. The first-order valence-corrected chi connectivity index (χ1v) is 11.3. The minimum atomic E-state index is -0.955. The Morgan fingerprint density at radius 1 is 1.20 bits per heavy atom. The Hall–Kier alpha value is -3.96. The van der Waals surface area contributed by atoms with Gasteiger partial charge in [-0.2, -0.15) is 5.26 Å². The molecule has 0 aliphatic carbocycles. The molecule has 0 saturated heterocycles. The van der Waals surface area contributed by atoms with Crippen LogP contribution in [0.3, 0.4) is 0 Å². The molecule has 8 nitrogen and oxygen atoms in total. The van der Waals surface area contributed by atoms with E-state index >= 15 is 0 Å². The van der Waals surface area contributed by atoms with E-state index in [0.717, 1.165) is 11.1 Å². The van der Waals surface area contributed by atoms with Crippen LogP contribution in [0.1, 0.15) is 36.5 Å². The average molecular weight is 496 g/mol. The highest BCUT2D eigenvalue weighted by Crippen LogP contribution is 2.43. The van der Waals surface area contributed by atoms with E-state index in [1.807, 2.05) is 38.1 Å². The summed E-state index contributed by atoms with van der Waals surface area (Å²) >= 11 is 6.26. The van der Waals surface area contributed by atoms with Crippen molar-refractivity contribution in [2.75, 3.05) is 18.5 Å². The van der Waals surface area contributed by atoms with Crippen LogP contribution in [-0.4, -0.2) is 25.1 Å². The fourth-order valence-electron chi connectivity index (χ4n) is 3.74. The second-order valence-electron chi connectivity index (χ2n) is 7.95. The van der Waals surface area contributed by atoms with E-state index in [4.69, 9.17) is 31.5 Å². The highest BCUT2D eigenvalue weighted by molar-refractivity contribution is 6.30. The number of amides is 1. The van der Waals surface area contributed by atoms with Gasteiger partial charge in [-0.15, -0.1) is 0 Å². The van der Waals surface area contributed by atoms with Gasteiger partial charge in [-0.1, -0.05) is 23.7 Å². The van der Waals surface area contributed by atoms with Crippen LogP contribution in [0.25, 0.3) is 0 Å². The van der Waals surface area contributed by atoms with Gasteiger partial charge in [0, 0.05) is 16.3 Å². The predicted molar refractivity (Wildman–Crippen MR) is 131 cm³/mol. The van der Waals surface area contributed by atoms with Gasteiger partial charge in [0.2, 0.25) is 5.88 Å². The highest BCUT2D eigenvalue weighted by Gasteiger charge is 2.38. The van der Waals surface area contributed by atoms with Crippen molar-refractivity contribution in [3.05, 3.63) is 80.9 Å². The molecule has 2 aromatic carbocycles. The lowest BCUT2D eigenvalue weighted by Gasteiger charge is -2.28. The van der Waals surface area contributed by atoms with Crippen molar-refractivity contribution in [1.82, 2.24) is 0 Å². The predicted octanol–water partition coefficient (Wildman–Crippen LogP) is 4.62. The average Bonchev–Trinajstić information content (AvgIpc) is 2.80. The quantitative estimate of drug-likeness (QED) is 0.537. The number of carbonyl (C=O) groups is 2. The van der Waals surface area contributed by atoms with Gasteiger partial charge in [0.05, 0.1) is 18.1 Å². The number of halogens is 1. The number of hydrogen-bond donors (Lipinski definition) is 2. The molecule has 35 heavy (non-hydrogen) atoms. The third-order valence-electron chi connectivity index (χ3n) is 5.41. The number of nitriles is 1. The van der Waals surface area contributed by atoms with E-state index < -0.39 is 11.9 Å². The summed E-state index contributed by atoms with van der Waals surface area (Å²) in [6.07, 6.45) is 0. The van der Waals surface area contributed by atoms with Crippen molar-refractivity contribution in [3.63, 3.8) is 0 Å². The minimum Gasteiger partial charge on any atom is -0.483 e. The second kappa shape index (κ2) is 11.0. The minimum absolute atomic E-state index is 0.00519. The molecule has 0 bridgehead atoms. The number of hydrogen-bond acceptors (Lipinski definition) is 7. The molecule has 3 N–H and O–H groups in total. The van der Waals surface area contributed by atoms with Crippen molar-refractivity contribution in [1.29, 1.82) is 5.26 Å². The molecule has 0 radical (unpaired) electrons. The van der Waals surface area contributed by atoms with Crippen LogP contribution in [0.2, 0.25) is 5.02 Å². The number of rotatable bonds is 7. The van der Waals surface area contributed by atoms with Gasteiger partial charge in [-0.25, -0.2) is 4.79 Å². The molecule has 0 aromatic heterocycles. The summed E-state index contributed by atoms with van der Waals surface area (Å²) in [5.41, 5.74) is 9.07. The molecule has 1 atom stereocenters. The Balaban J connectivity index is 1.96. The molecular weight excluding hydrogens is 470 g/mol. The molecule has 1 unspecified atom stereocenters. The van der Waals surface area contributed by atoms with Gasteiger partial charge in [0.1, 0.15) is 23.2 Å². The number of nitrogens with zero attached hydrogens (tertiary/aromatic N) is 1. The van der Waals surface area contributed by atoms with E-state index in [-0.39, 0.29) is 47.7 Å². The standard InChI is InChI=1S/C26H26ClN3O5/c1-5-33-26(32)23-16(4)35-25(29)19(12-28)24(23)18-11-17(27)8-9-21(18)34-13-22(31)30-20-10-14(2)6-7-15(20)3/h6-11,24H,5,13,29H2,1-4H3,(H,30,31). The third-order valence-corrected chi connectivity index (χ3v) is 5.64. The largest absolute Gasteiger partial charge is 0.483 e. The van der Waals surface area contributed by atoms with Gasteiger partial charge in [0.15, 0.2) is 6.61 Å². The number of carbonyl (C=O) groups excluding carboxylic acids is 2. The number of esters is 1. The lowest BCUT2D eigenvalue weighted by molar-refractivity contribution is -0.139. The number of benzene rings is 2. The number of nitrogens with two attached hydrogens (primary N) is 1. The Kier molecular flexibility index (Phi) is 8.05. The summed E-state index contributed by atoms with van der Waals surface area (Å²) in [5.74, 6) is -1.67. The van der Waals surface area contributed by atoms with Crippen molar-refractivity contribution in [2.45, 2.75) is 33.6 Å².